The zero-order valence-corrected chi connectivity index (χ0v) is 12.8. The highest BCUT2D eigenvalue weighted by atomic mass is 35.5. The number of hydrogen-bond donors (Lipinski definition) is 0. The second-order valence-electron chi connectivity index (χ2n) is 4.83. The zero-order valence-electron chi connectivity index (χ0n) is 12.0. The number of esters is 1. The van der Waals surface area contributed by atoms with Crippen LogP contribution in [-0.2, 0) is 0 Å². The molecule has 1 aliphatic heterocycles. The Kier molecular flexibility index (Phi) is 3.51. The molecule has 2 aromatic carbocycles. The zero-order chi connectivity index (χ0) is 16.5. The lowest BCUT2D eigenvalue weighted by Gasteiger charge is -2.07. The number of aromatic nitrogens is 4. The van der Waals surface area contributed by atoms with Crippen molar-refractivity contribution >= 4 is 17.6 Å². The molecule has 0 bridgehead atoms. The fourth-order valence-electron chi connectivity index (χ4n) is 2.20. The number of rotatable bonds is 3. The van der Waals surface area contributed by atoms with E-state index in [1.165, 1.54) is 23.1 Å². The normalized spacial score (nSPS) is 12.2. The van der Waals surface area contributed by atoms with Crippen LogP contribution in [0, 0.1) is 0 Å². The van der Waals surface area contributed by atoms with E-state index in [0.29, 0.717) is 22.3 Å². The van der Waals surface area contributed by atoms with Crippen LogP contribution in [0.25, 0.3) is 5.69 Å². The second kappa shape index (κ2) is 5.82. The van der Waals surface area contributed by atoms with E-state index in [0.717, 1.165) is 5.69 Å². The third kappa shape index (κ3) is 2.63. The minimum Gasteiger partial charge on any atom is -0.454 e. The lowest BCUT2D eigenvalue weighted by molar-refractivity contribution is 0.0734. The predicted molar refractivity (Wildman–Crippen MR) is 81.7 cm³/mol. The van der Waals surface area contributed by atoms with Crippen LogP contribution >= 0.6 is 11.6 Å². The van der Waals surface area contributed by atoms with E-state index in [-0.39, 0.29) is 12.4 Å². The van der Waals surface area contributed by atoms with Gasteiger partial charge < -0.3 is 14.2 Å². The maximum atomic E-state index is 12.3. The molecule has 0 unspecified atom stereocenters. The van der Waals surface area contributed by atoms with Crippen LogP contribution in [-0.4, -0.2) is 33.0 Å². The van der Waals surface area contributed by atoms with Gasteiger partial charge in [0.1, 0.15) is 12.1 Å². The Morgan fingerprint density at radius 2 is 2.04 bits per heavy atom. The molecule has 3 aromatic rings. The molecule has 8 nitrogen and oxygen atoms in total. The maximum absolute atomic E-state index is 12.3. The van der Waals surface area contributed by atoms with Gasteiger partial charge in [-0.3, -0.25) is 0 Å². The van der Waals surface area contributed by atoms with E-state index in [1.54, 1.807) is 24.3 Å². The lowest BCUT2D eigenvalue weighted by atomic mass is 10.2. The van der Waals surface area contributed by atoms with Gasteiger partial charge in [0.05, 0.1) is 16.3 Å². The van der Waals surface area contributed by atoms with Crippen molar-refractivity contribution in [2.45, 2.75) is 0 Å². The third-order valence-electron chi connectivity index (χ3n) is 3.32. The molecular weight excluding hydrogens is 336 g/mol. The molecule has 1 aromatic heterocycles. The van der Waals surface area contributed by atoms with Crippen molar-refractivity contribution in [3.63, 3.8) is 0 Å². The number of hydrogen-bond acceptors (Lipinski definition) is 7. The van der Waals surface area contributed by atoms with Gasteiger partial charge >= 0.3 is 5.97 Å². The van der Waals surface area contributed by atoms with Gasteiger partial charge in [0.15, 0.2) is 11.5 Å². The molecular formula is C15H9ClN4O4. The van der Waals surface area contributed by atoms with Crippen molar-refractivity contribution in [3.05, 3.63) is 53.3 Å². The Bertz CT molecular complexity index is 897. The number of fused-ring (bicyclic) bond motifs is 1. The van der Waals surface area contributed by atoms with Crippen LogP contribution in [0.1, 0.15) is 10.4 Å². The van der Waals surface area contributed by atoms with Crippen LogP contribution in [0.15, 0.2) is 42.7 Å². The summed E-state index contributed by atoms with van der Waals surface area (Å²) in [5.74, 6) is 0.679. The third-order valence-corrected chi connectivity index (χ3v) is 3.60. The van der Waals surface area contributed by atoms with E-state index in [4.69, 9.17) is 25.8 Å². The van der Waals surface area contributed by atoms with Gasteiger partial charge in [-0.1, -0.05) is 11.6 Å². The van der Waals surface area contributed by atoms with Gasteiger partial charge in [-0.15, -0.1) is 5.10 Å². The average Bonchev–Trinajstić information content (AvgIpc) is 3.27. The largest absolute Gasteiger partial charge is 0.454 e. The van der Waals surface area contributed by atoms with E-state index < -0.39 is 5.97 Å². The van der Waals surface area contributed by atoms with Gasteiger partial charge in [0, 0.05) is 0 Å². The quantitative estimate of drug-likeness (QED) is 0.532. The Hall–Kier alpha value is -3.13. The Morgan fingerprint density at radius 1 is 1.21 bits per heavy atom. The number of carbonyl (C=O) groups excluding carboxylic acids is 1. The molecule has 0 radical (unpaired) electrons. The van der Waals surface area contributed by atoms with Crippen molar-refractivity contribution in [2.24, 2.45) is 0 Å². The Balaban J connectivity index is 1.53. The number of carbonyl (C=O) groups is 1. The molecule has 0 N–H and O–H groups in total. The van der Waals surface area contributed by atoms with Gasteiger partial charge in [0.2, 0.25) is 6.79 Å². The first-order chi connectivity index (χ1) is 11.7. The van der Waals surface area contributed by atoms with Crippen molar-refractivity contribution in [3.8, 4) is 22.9 Å². The molecule has 0 atom stereocenters. The summed E-state index contributed by atoms with van der Waals surface area (Å²) in [5.41, 5.74) is 1.01. The molecule has 1 aliphatic rings. The number of tetrazole rings is 1. The highest BCUT2D eigenvalue weighted by Gasteiger charge is 2.21. The minimum absolute atomic E-state index is 0.0756. The maximum Gasteiger partial charge on any atom is 0.343 e. The first kappa shape index (κ1) is 14.5. The molecule has 24 heavy (non-hydrogen) atoms. The Morgan fingerprint density at radius 3 is 2.79 bits per heavy atom. The van der Waals surface area contributed by atoms with Crippen LogP contribution in [0.4, 0.5) is 0 Å². The first-order valence-corrected chi connectivity index (χ1v) is 7.23. The van der Waals surface area contributed by atoms with Crippen LogP contribution < -0.4 is 14.2 Å². The summed E-state index contributed by atoms with van der Waals surface area (Å²) in [7, 11) is 0. The Labute approximate surface area is 140 Å². The molecule has 0 amide bonds. The van der Waals surface area contributed by atoms with Crippen molar-refractivity contribution in [2.75, 3.05) is 6.79 Å². The average molecular weight is 345 g/mol. The molecule has 0 saturated carbocycles. The second-order valence-corrected chi connectivity index (χ2v) is 5.24. The number of benzene rings is 2. The molecule has 0 fully saturated rings. The molecule has 0 saturated heterocycles. The topological polar surface area (TPSA) is 88.4 Å². The number of halogens is 1. The highest BCUT2D eigenvalue weighted by molar-refractivity contribution is 6.32. The van der Waals surface area contributed by atoms with Crippen molar-refractivity contribution in [1.82, 2.24) is 20.2 Å². The van der Waals surface area contributed by atoms with Gasteiger partial charge in [-0.05, 0) is 46.8 Å². The van der Waals surface area contributed by atoms with Crippen molar-refractivity contribution in [1.29, 1.82) is 0 Å². The summed E-state index contributed by atoms with van der Waals surface area (Å²) >= 11 is 6.07. The number of ether oxygens (including phenoxy) is 3. The van der Waals surface area contributed by atoms with E-state index in [1.807, 2.05) is 0 Å². The van der Waals surface area contributed by atoms with Gasteiger partial charge in [-0.2, -0.15) is 0 Å². The first-order valence-electron chi connectivity index (χ1n) is 6.85. The SMILES string of the molecule is O=C(Oc1ccc(-n2cnnn2)cc1)c1cc(Cl)c2c(c1)OCO2. The van der Waals surface area contributed by atoms with Crippen molar-refractivity contribution < 1.29 is 19.0 Å². The van der Waals surface area contributed by atoms with E-state index >= 15 is 0 Å². The minimum atomic E-state index is -0.551. The van der Waals surface area contributed by atoms with Crippen LogP contribution in [0.2, 0.25) is 5.02 Å². The summed E-state index contributed by atoms with van der Waals surface area (Å²) in [5, 5.41) is 11.2. The molecule has 120 valence electrons. The summed E-state index contributed by atoms with van der Waals surface area (Å²) in [6, 6.07) is 9.75. The predicted octanol–water partition coefficient (Wildman–Crippen LogP) is 2.26. The van der Waals surface area contributed by atoms with Gasteiger partial charge in [-0.25, -0.2) is 9.48 Å². The fourth-order valence-corrected chi connectivity index (χ4v) is 2.46. The summed E-state index contributed by atoms with van der Waals surface area (Å²) in [6.45, 7) is 0.0756. The standard InChI is InChI=1S/C15H9ClN4O4/c16-12-5-9(6-13-14(12)23-8-22-13)15(21)24-11-3-1-10(2-4-11)20-7-17-18-19-20/h1-7H,8H2. The van der Waals surface area contributed by atoms with E-state index in [9.17, 15) is 4.79 Å². The van der Waals surface area contributed by atoms with Crippen LogP contribution in [0.5, 0.6) is 17.2 Å². The van der Waals surface area contributed by atoms with E-state index in [2.05, 4.69) is 15.5 Å². The van der Waals surface area contributed by atoms with Crippen LogP contribution in [0.3, 0.4) is 0 Å². The summed E-state index contributed by atoms with van der Waals surface area (Å²) < 4.78 is 17.3. The fraction of sp³-hybridized carbons (Fsp3) is 0.0667. The molecule has 4 rings (SSSR count). The molecule has 0 spiro atoms. The molecule has 9 heteroatoms. The summed E-state index contributed by atoms with van der Waals surface area (Å²) in [6.07, 6.45) is 1.47. The molecule has 2 heterocycles. The number of nitrogens with zero attached hydrogens (tertiary/aromatic N) is 4. The lowest BCUT2D eigenvalue weighted by Crippen LogP contribution is -2.08. The monoisotopic (exact) mass is 344 g/mol. The highest BCUT2D eigenvalue weighted by Crippen LogP contribution is 2.39. The summed E-state index contributed by atoms with van der Waals surface area (Å²) in [4.78, 5) is 12.3. The van der Waals surface area contributed by atoms with Gasteiger partial charge in [0.25, 0.3) is 0 Å². The molecule has 0 aliphatic carbocycles. The smallest absolute Gasteiger partial charge is 0.343 e.